The zero-order valence-electron chi connectivity index (χ0n) is 18.7. The molecule has 1 amide bonds. The van der Waals surface area contributed by atoms with E-state index in [2.05, 4.69) is 18.4 Å². The molecule has 3 aromatic rings. The highest BCUT2D eigenvalue weighted by molar-refractivity contribution is 8.00. The summed E-state index contributed by atoms with van der Waals surface area (Å²) in [5, 5.41) is 15.6. The van der Waals surface area contributed by atoms with Crippen molar-refractivity contribution in [3.05, 3.63) is 52.5 Å². The van der Waals surface area contributed by atoms with Crippen molar-refractivity contribution in [1.29, 1.82) is 5.26 Å². The molecule has 0 spiro atoms. The van der Waals surface area contributed by atoms with E-state index < -0.39 is 0 Å². The van der Waals surface area contributed by atoms with Gasteiger partial charge in [-0.05, 0) is 23.6 Å². The quantitative estimate of drug-likeness (QED) is 0.505. The molecule has 0 aliphatic carbocycles. The van der Waals surface area contributed by atoms with Crippen molar-refractivity contribution in [2.45, 2.75) is 18.0 Å². The monoisotopic (exact) mass is 481 g/mol. The fraction of sp³-hybridized carbons (Fsp3) is 0.292. The van der Waals surface area contributed by atoms with E-state index in [0.29, 0.717) is 27.8 Å². The Hall–Kier alpha value is -3.06. The molecular formula is C24H25N4O3S2+. The lowest BCUT2D eigenvalue weighted by Gasteiger charge is -2.25. The summed E-state index contributed by atoms with van der Waals surface area (Å²) in [6.45, 7) is 1.84. The Labute approximate surface area is 201 Å². The topological polar surface area (TPSA) is 88.7 Å². The number of pyridine rings is 1. The minimum atomic E-state index is -0.183. The number of aromatic nitrogens is 1. The van der Waals surface area contributed by atoms with Crippen molar-refractivity contribution >= 4 is 34.7 Å². The Morgan fingerprint density at radius 2 is 2.12 bits per heavy atom. The molecule has 2 aromatic heterocycles. The third-order valence-corrected chi connectivity index (χ3v) is 7.37. The van der Waals surface area contributed by atoms with Gasteiger partial charge in [0, 0.05) is 34.2 Å². The van der Waals surface area contributed by atoms with Gasteiger partial charge in [0.15, 0.2) is 11.5 Å². The van der Waals surface area contributed by atoms with E-state index in [0.717, 1.165) is 41.2 Å². The van der Waals surface area contributed by atoms with Crippen LogP contribution < -0.4 is 19.7 Å². The molecular weight excluding hydrogens is 456 g/mol. The standard InChI is InChI=1S/C24H24N4O3S2/c1-28-9-8-18-17(13-28)23(21-5-4-10-32-21)16(12-25)24(27-18)33-14-22(29)26-15-6-7-19(30-2)20(11-15)31-3/h4-7,10-11H,8-9,13-14H2,1-3H3,(H,26,29)/p+1. The number of nitrogens with one attached hydrogen (secondary N) is 2. The molecule has 0 radical (unpaired) electrons. The maximum atomic E-state index is 12.7. The smallest absolute Gasteiger partial charge is 0.234 e. The van der Waals surface area contributed by atoms with Crippen LogP contribution in [-0.4, -0.2) is 44.5 Å². The average Bonchev–Trinajstić information content (AvgIpc) is 3.36. The second-order valence-corrected chi connectivity index (χ2v) is 9.63. The zero-order valence-corrected chi connectivity index (χ0v) is 20.4. The second-order valence-electron chi connectivity index (χ2n) is 7.72. The van der Waals surface area contributed by atoms with Crippen LogP contribution in [0.2, 0.25) is 0 Å². The number of fused-ring (bicyclic) bond motifs is 1. The van der Waals surface area contributed by atoms with Crippen molar-refractivity contribution in [3.63, 3.8) is 0 Å². The molecule has 9 heteroatoms. The van der Waals surface area contributed by atoms with Crippen LogP contribution in [0.25, 0.3) is 10.4 Å². The number of nitrogens with zero attached hydrogens (tertiary/aromatic N) is 2. The molecule has 1 atom stereocenters. The van der Waals surface area contributed by atoms with Gasteiger partial charge in [-0.15, -0.1) is 11.3 Å². The van der Waals surface area contributed by atoms with E-state index in [1.165, 1.54) is 16.7 Å². The van der Waals surface area contributed by atoms with Crippen molar-refractivity contribution in [3.8, 4) is 28.0 Å². The molecule has 1 aliphatic rings. The molecule has 0 fully saturated rings. The van der Waals surface area contributed by atoms with Gasteiger partial charge in [0.05, 0.1) is 44.8 Å². The number of ether oxygens (including phenoxy) is 2. The Bertz CT molecular complexity index is 1210. The van der Waals surface area contributed by atoms with Gasteiger partial charge in [-0.25, -0.2) is 4.98 Å². The van der Waals surface area contributed by atoms with Crippen LogP contribution in [0.4, 0.5) is 5.69 Å². The van der Waals surface area contributed by atoms with E-state index in [1.54, 1.807) is 43.8 Å². The van der Waals surface area contributed by atoms with Crippen molar-refractivity contribution in [1.82, 2.24) is 4.98 Å². The molecule has 1 unspecified atom stereocenters. The summed E-state index contributed by atoms with van der Waals surface area (Å²) in [6, 6.07) is 11.6. The van der Waals surface area contributed by atoms with Gasteiger partial charge in [-0.1, -0.05) is 17.8 Å². The largest absolute Gasteiger partial charge is 0.493 e. The fourth-order valence-electron chi connectivity index (χ4n) is 3.91. The van der Waals surface area contributed by atoms with Crippen molar-refractivity contribution < 1.29 is 19.2 Å². The van der Waals surface area contributed by atoms with Gasteiger partial charge in [-0.3, -0.25) is 4.79 Å². The first-order valence-corrected chi connectivity index (χ1v) is 12.4. The normalized spacial score (nSPS) is 14.8. The maximum absolute atomic E-state index is 12.7. The van der Waals surface area contributed by atoms with E-state index >= 15 is 0 Å². The highest BCUT2D eigenvalue weighted by Gasteiger charge is 2.27. The van der Waals surface area contributed by atoms with Crippen molar-refractivity contribution in [2.75, 3.05) is 38.9 Å². The lowest BCUT2D eigenvalue weighted by atomic mass is 9.96. The highest BCUT2D eigenvalue weighted by atomic mass is 32.2. The Morgan fingerprint density at radius 3 is 2.82 bits per heavy atom. The number of hydrogen-bond donors (Lipinski definition) is 2. The number of anilines is 1. The van der Waals surface area contributed by atoms with Crippen LogP contribution in [0, 0.1) is 11.3 Å². The van der Waals surface area contributed by atoms with Gasteiger partial charge < -0.3 is 19.7 Å². The van der Waals surface area contributed by atoms with E-state index in [4.69, 9.17) is 14.5 Å². The van der Waals surface area contributed by atoms with Crippen molar-refractivity contribution in [2.24, 2.45) is 0 Å². The molecule has 0 bridgehead atoms. The van der Waals surface area contributed by atoms with Gasteiger partial charge in [0.2, 0.25) is 5.91 Å². The van der Waals surface area contributed by atoms with Crippen LogP contribution in [0.15, 0.2) is 40.7 Å². The minimum Gasteiger partial charge on any atom is -0.493 e. The number of hydrogen-bond acceptors (Lipinski definition) is 7. The summed E-state index contributed by atoms with van der Waals surface area (Å²) < 4.78 is 10.5. The molecule has 1 aliphatic heterocycles. The van der Waals surface area contributed by atoms with Crippen LogP contribution in [0.5, 0.6) is 11.5 Å². The van der Waals surface area contributed by atoms with Gasteiger partial charge in [0.25, 0.3) is 0 Å². The number of thioether (sulfide) groups is 1. The third kappa shape index (κ3) is 4.98. The molecule has 33 heavy (non-hydrogen) atoms. The third-order valence-electron chi connectivity index (χ3n) is 5.50. The summed E-state index contributed by atoms with van der Waals surface area (Å²) in [4.78, 5) is 20.0. The number of methoxy groups -OCH3 is 2. The van der Waals surface area contributed by atoms with E-state index in [-0.39, 0.29) is 11.7 Å². The molecule has 0 saturated carbocycles. The first kappa shape index (κ1) is 23.1. The van der Waals surface area contributed by atoms with E-state index in [1.807, 2.05) is 17.5 Å². The number of amides is 1. The minimum absolute atomic E-state index is 0.143. The number of nitriles is 1. The van der Waals surface area contributed by atoms with Crippen LogP contribution >= 0.6 is 23.1 Å². The van der Waals surface area contributed by atoms with Gasteiger partial charge in [-0.2, -0.15) is 5.26 Å². The number of rotatable bonds is 7. The van der Waals surface area contributed by atoms with Crippen LogP contribution in [-0.2, 0) is 17.8 Å². The number of benzene rings is 1. The predicted octanol–water partition coefficient (Wildman–Crippen LogP) is 3.00. The summed E-state index contributed by atoms with van der Waals surface area (Å²) >= 11 is 2.92. The van der Waals surface area contributed by atoms with Gasteiger partial charge in [0.1, 0.15) is 17.6 Å². The first-order valence-electron chi connectivity index (χ1n) is 10.5. The van der Waals surface area contributed by atoms with E-state index in [9.17, 15) is 10.1 Å². The summed E-state index contributed by atoms with van der Waals surface area (Å²) in [5.74, 6) is 1.09. The molecule has 4 rings (SSSR count). The fourth-order valence-corrected chi connectivity index (χ4v) is 5.52. The number of thiophene rings is 1. The number of carbonyl (C=O) groups is 1. The highest BCUT2D eigenvalue weighted by Crippen LogP contribution is 2.37. The van der Waals surface area contributed by atoms with Gasteiger partial charge >= 0.3 is 0 Å². The Balaban J connectivity index is 1.58. The lowest BCUT2D eigenvalue weighted by molar-refractivity contribution is -0.895. The summed E-state index contributed by atoms with van der Waals surface area (Å²) in [5.41, 5.74) is 4.32. The molecule has 2 N–H and O–H groups in total. The zero-order chi connectivity index (χ0) is 23.4. The number of quaternary nitrogens is 1. The lowest BCUT2D eigenvalue weighted by Crippen LogP contribution is -3.08. The maximum Gasteiger partial charge on any atom is 0.234 e. The molecule has 7 nitrogen and oxygen atoms in total. The first-order chi connectivity index (χ1) is 16.0. The summed E-state index contributed by atoms with van der Waals surface area (Å²) in [7, 11) is 5.28. The van der Waals surface area contributed by atoms with Crippen LogP contribution in [0.1, 0.15) is 16.8 Å². The number of likely N-dealkylation sites (N-methyl/N-ethyl adjacent to an activating group) is 1. The Morgan fingerprint density at radius 1 is 1.30 bits per heavy atom. The molecule has 170 valence electrons. The Kier molecular flexibility index (Phi) is 7.18. The predicted molar refractivity (Wildman–Crippen MR) is 130 cm³/mol. The SMILES string of the molecule is COc1ccc(NC(=O)CSc2nc3c(c(-c4cccs4)c2C#N)C[NH+](C)CC3)cc1OC. The second kappa shape index (κ2) is 10.3. The molecule has 1 aromatic carbocycles. The number of carbonyl (C=O) groups excluding carboxylic acids is 1. The van der Waals surface area contributed by atoms with Crippen LogP contribution in [0.3, 0.4) is 0 Å². The molecule has 0 saturated heterocycles. The molecule has 3 heterocycles. The average molecular weight is 482 g/mol. The summed E-state index contributed by atoms with van der Waals surface area (Å²) in [6.07, 6.45) is 0.858.